The number of amides is 1. The Bertz CT molecular complexity index is 790. The van der Waals surface area contributed by atoms with Crippen LogP contribution in [0, 0.1) is 20.8 Å². The molecule has 0 bridgehead atoms. The largest absolute Gasteiger partial charge is 0.492 e. The Morgan fingerprint density at radius 2 is 1.55 bits per heavy atom. The molecule has 1 heterocycles. The SMILES string of the molecule is Cc1cc(C)c(C=C(CNC(=O)OC(C)(C)C)B2OC(C)(C)C(C)(C)O2)cc1C. The fourth-order valence-corrected chi connectivity index (χ4v) is 3.02. The third-order valence-corrected chi connectivity index (χ3v) is 5.61. The summed E-state index contributed by atoms with van der Waals surface area (Å²) in [4.78, 5) is 12.2. The van der Waals surface area contributed by atoms with Gasteiger partial charge in [-0.2, -0.15) is 0 Å². The lowest BCUT2D eigenvalue weighted by Gasteiger charge is -2.32. The highest BCUT2D eigenvalue weighted by atomic mass is 16.7. The third-order valence-electron chi connectivity index (χ3n) is 5.61. The van der Waals surface area contributed by atoms with Gasteiger partial charge in [-0.1, -0.05) is 18.2 Å². The fourth-order valence-electron chi connectivity index (χ4n) is 3.02. The standard InChI is InChI=1S/C23H36BNO4/c1-15-11-17(3)18(12-16(15)2)13-19(14-25-20(26)27-21(4,5)6)24-28-22(7,8)23(9,10)29-24/h11-13H,14H2,1-10H3,(H,25,26). The second kappa shape index (κ2) is 8.15. The van der Waals surface area contributed by atoms with Gasteiger partial charge in [0.1, 0.15) is 5.60 Å². The van der Waals surface area contributed by atoms with Crippen LogP contribution in [-0.4, -0.2) is 36.6 Å². The van der Waals surface area contributed by atoms with Crippen molar-refractivity contribution in [3.8, 4) is 0 Å². The summed E-state index contributed by atoms with van der Waals surface area (Å²) in [5.41, 5.74) is 4.10. The molecule has 6 heteroatoms. The fraction of sp³-hybridized carbons (Fsp3) is 0.609. The molecule has 1 aliphatic heterocycles. The first-order valence-corrected chi connectivity index (χ1v) is 10.2. The van der Waals surface area contributed by atoms with Gasteiger partial charge in [0.15, 0.2) is 0 Å². The summed E-state index contributed by atoms with van der Waals surface area (Å²) >= 11 is 0. The molecule has 2 rings (SSSR count). The number of rotatable bonds is 4. The van der Waals surface area contributed by atoms with Crippen molar-refractivity contribution >= 4 is 19.3 Å². The van der Waals surface area contributed by atoms with E-state index in [0.29, 0.717) is 0 Å². The van der Waals surface area contributed by atoms with Gasteiger partial charge in [-0.3, -0.25) is 0 Å². The second-order valence-corrected chi connectivity index (χ2v) is 9.96. The first-order valence-electron chi connectivity index (χ1n) is 10.2. The third kappa shape index (κ3) is 5.86. The molecule has 160 valence electrons. The number of benzene rings is 1. The van der Waals surface area contributed by atoms with Gasteiger partial charge in [0, 0.05) is 6.54 Å². The van der Waals surface area contributed by atoms with Crippen LogP contribution >= 0.6 is 0 Å². The number of hydrogen-bond acceptors (Lipinski definition) is 4. The molecule has 0 atom stereocenters. The van der Waals surface area contributed by atoms with E-state index in [1.165, 1.54) is 16.7 Å². The Hall–Kier alpha value is -1.79. The Morgan fingerprint density at radius 1 is 1.03 bits per heavy atom. The van der Waals surface area contributed by atoms with E-state index < -0.39 is 30.0 Å². The highest BCUT2D eigenvalue weighted by molar-refractivity contribution is 6.56. The summed E-state index contributed by atoms with van der Waals surface area (Å²) in [6, 6.07) is 4.33. The minimum Gasteiger partial charge on any atom is -0.444 e. The van der Waals surface area contributed by atoms with E-state index in [4.69, 9.17) is 14.0 Å². The molecule has 1 saturated heterocycles. The van der Waals surface area contributed by atoms with Gasteiger partial charge in [-0.05, 0) is 97.0 Å². The maximum Gasteiger partial charge on any atom is 0.492 e. The molecule has 0 aliphatic carbocycles. The number of hydrogen-bond donors (Lipinski definition) is 1. The molecule has 0 unspecified atom stereocenters. The molecule has 1 N–H and O–H groups in total. The van der Waals surface area contributed by atoms with Gasteiger partial charge in [0.25, 0.3) is 0 Å². The van der Waals surface area contributed by atoms with E-state index in [9.17, 15) is 4.79 Å². The quantitative estimate of drug-likeness (QED) is 0.709. The summed E-state index contributed by atoms with van der Waals surface area (Å²) < 4.78 is 17.9. The Kier molecular flexibility index (Phi) is 6.60. The zero-order chi connectivity index (χ0) is 22.2. The monoisotopic (exact) mass is 401 g/mol. The van der Waals surface area contributed by atoms with Gasteiger partial charge in [0.2, 0.25) is 0 Å². The molecule has 0 spiro atoms. The average Bonchev–Trinajstić information content (AvgIpc) is 2.74. The first-order chi connectivity index (χ1) is 13.1. The van der Waals surface area contributed by atoms with Crippen molar-refractivity contribution in [2.75, 3.05) is 6.54 Å². The predicted molar refractivity (Wildman–Crippen MR) is 119 cm³/mol. The van der Waals surface area contributed by atoms with Crippen molar-refractivity contribution in [1.29, 1.82) is 0 Å². The summed E-state index contributed by atoms with van der Waals surface area (Å²) in [5.74, 6) is 0. The van der Waals surface area contributed by atoms with Gasteiger partial charge >= 0.3 is 13.2 Å². The number of aryl methyl sites for hydroxylation is 3. The van der Waals surface area contributed by atoms with Crippen LogP contribution in [0.25, 0.3) is 6.08 Å². The minimum absolute atomic E-state index is 0.276. The van der Waals surface area contributed by atoms with Crippen LogP contribution in [0.4, 0.5) is 4.79 Å². The molecule has 1 aliphatic rings. The molecular weight excluding hydrogens is 365 g/mol. The van der Waals surface area contributed by atoms with Crippen LogP contribution in [-0.2, 0) is 14.0 Å². The average molecular weight is 401 g/mol. The van der Waals surface area contributed by atoms with Crippen molar-refractivity contribution < 1.29 is 18.8 Å². The lowest BCUT2D eigenvalue weighted by atomic mass is 9.76. The molecule has 29 heavy (non-hydrogen) atoms. The van der Waals surface area contributed by atoms with Crippen molar-refractivity contribution in [3.63, 3.8) is 0 Å². The van der Waals surface area contributed by atoms with Crippen LogP contribution in [0.2, 0.25) is 0 Å². The molecule has 5 nitrogen and oxygen atoms in total. The van der Waals surface area contributed by atoms with Crippen LogP contribution in [0.15, 0.2) is 17.6 Å². The lowest BCUT2D eigenvalue weighted by Crippen LogP contribution is -2.41. The number of alkyl carbamates (subject to hydrolysis) is 1. The van der Waals surface area contributed by atoms with Crippen LogP contribution in [0.3, 0.4) is 0 Å². The summed E-state index contributed by atoms with van der Waals surface area (Å²) in [6.45, 7) is 20.2. The molecule has 0 radical (unpaired) electrons. The number of carbonyl (C=O) groups is 1. The maximum atomic E-state index is 12.2. The first kappa shape index (κ1) is 23.5. The topological polar surface area (TPSA) is 56.8 Å². The van der Waals surface area contributed by atoms with Gasteiger partial charge in [0.05, 0.1) is 11.2 Å². The maximum absolute atomic E-state index is 12.2. The Morgan fingerprint density at radius 3 is 2.07 bits per heavy atom. The summed E-state index contributed by atoms with van der Waals surface area (Å²) in [5, 5.41) is 2.85. The number of carbonyl (C=O) groups excluding carboxylic acids is 1. The molecule has 1 aromatic carbocycles. The summed E-state index contributed by atoms with van der Waals surface area (Å²) in [7, 11) is -0.545. The zero-order valence-corrected chi connectivity index (χ0v) is 19.6. The van der Waals surface area contributed by atoms with E-state index in [1.54, 1.807) is 0 Å². The normalized spacial score (nSPS) is 18.7. The number of nitrogens with one attached hydrogen (secondary N) is 1. The van der Waals surface area contributed by atoms with Crippen molar-refractivity contribution in [1.82, 2.24) is 5.32 Å². The molecule has 0 aromatic heterocycles. The molecule has 0 saturated carbocycles. The van der Waals surface area contributed by atoms with Gasteiger partial charge in [-0.15, -0.1) is 0 Å². The van der Waals surface area contributed by atoms with Gasteiger partial charge < -0.3 is 19.4 Å². The highest BCUT2D eigenvalue weighted by Gasteiger charge is 2.52. The second-order valence-electron chi connectivity index (χ2n) is 9.96. The summed E-state index contributed by atoms with van der Waals surface area (Å²) in [6.07, 6.45) is 1.60. The van der Waals surface area contributed by atoms with Crippen molar-refractivity contribution in [2.45, 2.75) is 86.0 Å². The smallest absolute Gasteiger partial charge is 0.444 e. The Balaban J connectivity index is 2.34. The highest BCUT2D eigenvalue weighted by Crippen LogP contribution is 2.39. The molecule has 1 aromatic rings. The predicted octanol–water partition coefficient (Wildman–Crippen LogP) is 5.15. The zero-order valence-electron chi connectivity index (χ0n) is 19.6. The Labute approximate surface area is 176 Å². The number of ether oxygens (including phenoxy) is 1. The van der Waals surface area contributed by atoms with E-state index in [-0.39, 0.29) is 6.54 Å². The van der Waals surface area contributed by atoms with Crippen molar-refractivity contribution in [2.24, 2.45) is 0 Å². The van der Waals surface area contributed by atoms with Crippen molar-refractivity contribution in [3.05, 3.63) is 39.9 Å². The van der Waals surface area contributed by atoms with Crippen LogP contribution in [0.1, 0.15) is 70.7 Å². The van der Waals surface area contributed by atoms with E-state index in [1.807, 2.05) is 48.5 Å². The molecular formula is C23H36BNO4. The molecule has 1 fully saturated rings. The van der Waals surface area contributed by atoms with Crippen LogP contribution < -0.4 is 5.32 Å². The minimum atomic E-state index is -0.553. The van der Waals surface area contributed by atoms with E-state index >= 15 is 0 Å². The molecule has 1 amide bonds. The van der Waals surface area contributed by atoms with Crippen LogP contribution in [0.5, 0.6) is 0 Å². The van der Waals surface area contributed by atoms with E-state index in [2.05, 4.69) is 44.3 Å². The lowest BCUT2D eigenvalue weighted by molar-refractivity contribution is 0.00578. The van der Waals surface area contributed by atoms with E-state index in [0.717, 1.165) is 11.0 Å². The van der Waals surface area contributed by atoms with Gasteiger partial charge in [-0.25, -0.2) is 4.79 Å².